The Morgan fingerprint density at radius 2 is 1.48 bits per heavy atom. The second-order valence-electron chi connectivity index (χ2n) is 6.67. The van der Waals surface area contributed by atoms with Crippen molar-refractivity contribution < 1.29 is 4.79 Å². The summed E-state index contributed by atoms with van der Waals surface area (Å²) in [6.07, 6.45) is 0.892. The summed E-state index contributed by atoms with van der Waals surface area (Å²) in [7, 11) is 0. The third-order valence-corrected chi connectivity index (χ3v) is 6.36. The predicted molar refractivity (Wildman–Crippen MR) is 104 cm³/mol. The minimum Gasteiger partial charge on any atom is -0.293 e. The maximum Gasteiger partial charge on any atom is 0.179 e. The molecule has 0 aromatic heterocycles. The van der Waals surface area contributed by atoms with Crippen molar-refractivity contribution in [3.8, 4) is 0 Å². The van der Waals surface area contributed by atoms with E-state index in [1.165, 1.54) is 11.1 Å². The molecule has 2 atom stereocenters. The fourth-order valence-corrected chi connectivity index (χ4v) is 4.83. The normalized spacial score (nSPS) is 21.7. The number of hydrogen-bond donors (Lipinski definition) is 0. The molecule has 0 radical (unpaired) electrons. The van der Waals surface area contributed by atoms with Gasteiger partial charge in [0.05, 0.1) is 4.75 Å². The molecule has 4 rings (SSSR count). The first-order valence-electron chi connectivity index (χ1n) is 8.59. The maximum absolute atomic E-state index is 13.4. The zero-order valence-electron chi connectivity index (χ0n) is 14.2. The van der Waals surface area contributed by atoms with Gasteiger partial charge in [0.1, 0.15) is 0 Å². The number of Topliss-reactive ketones (excluding diaryl/α,β-unsaturated/α-hetero) is 1. The van der Waals surface area contributed by atoms with Gasteiger partial charge in [0.2, 0.25) is 0 Å². The van der Waals surface area contributed by atoms with Gasteiger partial charge >= 0.3 is 0 Å². The molecule has 0 N–H and O–H groups in total. The standard InChI is InChI=1S/C23H20OS/c1-17-12-14-18(15-13-17)21-16-23(21,25-20-10-6-3-7-11-20)22(24)19-8-4-2-5-9-19/h2-15,21H,16H2,1H3. The van der Waals surface area contributed by atoms with Crippen LogP contribution in [0.25, 0.3) is 0 Å². The van der Waals surface area contributed by atoms with Crippen molar-refractivity contribution in [2.24, 2.45) is 0 Å². The van der Waals surface area contributed by atoms with Crippen LogP contribution in [0.1, 0.15) is 33.8 Å². The molecule has 1 nitrogen and oxygen atoms in total. The van der Waals surface area contributed by atoms with Crippen LogP contribution in [0.15, 0.2) is 89.8 Å². The van der Waals surface area contributed by atoms with E-state index in [0.717, 1.165) is 16.9 Å². The van der Waals surface area contributed by atoms with E-state index >= 15 is 0 Å². The van der Waals surface area contributed by atoms with E-state index < -0.39 is 4.75 Å². The van der Waals surface area contributed by atoms with Crippen LogP contribution in [0.5, 0.6) is 0 Å². The summed E-state index contributed by atoms with van der Waals surface area (Å²) in [5.74, 6) is 0.513. The fourth-order valence-electron chi connectivity index (χ4n) is 3.37. The highest BCUT2D eigenvalue weighted by molar-refractivity contribution is 8.01. The number of rotatable bonds is 5. The minimum atomic E-state index is -0.391. The molecule has 0 bridgehead atoms. The number of thioether (sulfide) groups is 1. The molecule has 1 aliphatic rings. The van der Waals surface area contributed by atoms with Crippen LogP contribution in [-0.4, -0.2) is 10.5 Å². The first kappa shape index (κ1) is 16.2. The molecular formula is C23H20OS. The maximum atomic E-state index is 13.4. The zero-order valence-corrected chi connectivity index (χ0v) is 15.0. The number of benzene rings is 3. The molecule has 2 unspecified atom stereocenters. The van der Waals surface area contributed by atoms with Gasteiger partial charge < -0.3 is 0 Å². The van der Waals surface area contributed by atoms with Crippen molar-refractivity contribution in [3.63, 3.8) is 0 Å². The van der Waals surface area contributed by atoms with Gasteiger partial charge in [-0.25, -0.2) is 0 Å². The van der Waals surface area contributed by atoms with Gasteiger partial charge in [-0.2, -0.15) is 0 Å². The van der Waals surface area contributed by atoms with E-state index in [4.69, 9.17) is 0 Å². The third-order valence-electron chi connectivity index (χ3n) is 4.85. The molecule has 1 aliphatic carbocycles. The van der Waals surface area contributed by atoms with Crippen LogP contribution >= 0.6 is 11.8 Å². The Hall–Kier alpha value is -2.32. The van der Waals surface area contributed by atoms with Gasteiger partial charge in [-0.05, 0) is 31.0 Å². The smallest absolute Gasteiger partial charge is 0.179 e. The molecule has 1 fully saturated rings. The average molecular weight is 344 g/mol. The summed E-state index contributed by atoms with van der Waals surface area (Å²) in [5.41, 5.74) is 3.32. The first-order valence-corrected chi connectivity index (χ1v) is 9.41. The van der Waals surface area contributed by atoms with Crippen LogP contribution in [0, 0.1) is 6.92 Å². The summed E-state index contributed by atoms with van der Waals surface area (Å²) in [5, 5.41) is 0. The van der Waals surface area contributed by atoms with Crippen LogP contribution in [-0.2, 0) is 0 Å². The van der Waals surface area contributed by atoms with Crippen molar-refractivity contribution in [1.82, 2.24) is 0 Å². The van der Waals surface area contributed by atoms with Crippen molar-refractivity contribution in [2.75, 3.05) is 0 Å². The summed E-state index contributed by atoms with van der Waals surface area (Å²) < 4.78 is -0.391. The Labute approximate surface area is 153 Å². The largest absolute Gasteiger partial charge is 0.293 e. The average Bonchev–Trinajstić information content (AvgIpc) is 3.38. The number of hydrogen-bond acceptors (Lipinski definition) is 2. The van der Waals surface area contributed by atoms with E-state index in [1.807, 2.05) is 48.5 Å². The van der Waals surface area contributed by atoms with Crippen LogP contribution < -0.4 is 0 Å². The molecule has 3 aromatic carbocycles. The van der Waals surface area contributed by atoms with Crippen molar-refractivity contribution >= 4 is 17.5 Å². The van der Waals surface area contributed by atoms with Crippen LogP contribution in [0.3, 0.4) is 0 Å². The van der Waals surface area contributed by atoms with E-state index in [9.17, 15) is 4.79 Å². The number of carbonyl (C=O) groups excluding carboxylic acids is 1. The predicted octanol–water partition coefficient (Wildman–Crippen LogP) is 5.90. The first-order chi connectivity index (χ1) is 12.2. The molecule has 1 saturated carbocycles. The Bertz CT molecular complexity index is 871. The molecule has 0 aliphatic heterocycles. The highest BCUT2D eigenvalue weighted by atomic mass is 32.2. The van der Waals surface area contributed by atoms with Crippen molar-refractivity contribution in [2.45, 2.75) is 28.9 Å². The van der Waals surface area contributed by atoms with Gasteiger partial charge in [-0.3, -0.25) is 4.79 Å². The summed E-state index contributed by atoms with van der Waals surface area (Å²) in [6, 6.07) is 28.6. The number of ketones is 1. The lowest BCUT2D eigenvalue weighted by Crippen LogP contribution is -2.21. The van der Waals surface area contributed by atoms with E-state index in [2.05, 4.69) is 43.3 Å². The highest BCUT2D eigenvalue weighted by Crippen LogP contribution is 2.63. The minimum absolute atomic E-state index is 0.243. The second-order valence-corrected chi connectivity index (χ2v) is 8.07. The Morgan fingerprint density at radius 1 is 0.880 bits per heavy atom. The van der Waals surface area contributed by atoms with Crippen LogP contribution in [0.4, 0.5) is 0 Å². The van der Waals surface area contributed by atoms with Gasteiger partial charge in [0, 0.05) is 16.4 Å². The lowest BCUT2D eigenvalue weighted by molar-refractivity contribution is 0.0979. The number of aryl methyl sites for hydroxylation is 1. The van der Waals surface area contributed by atoms with E-state index in [0.29, 0.717) is 0 Å². The lowest BCUT2D eigenvalue weighted by Gasteiger charge is -2.17. The Morgan fingerprint density at radius 3 is 2.12 bits per heavy atom. The third kappa shape index (κ3) is 3.14. The van der Waals surface area contributed by atoms with Gasteiger partial charge in [-0.15, -0.1) is 11.8 Å². The van der Waals surface area contributed by atoms with E-state index in [1.54, 1.807) is 11.8 Å². The van der Waals surface area contributed by atoms with Gasteiger partial charge in [0.15, 0.2) is 5.78 Å². The van der Waals surface area contributed by atoms with E-state index in [-0.39, 0.29) is 11.7 Å². The SMILES string of the molecule is Cc1ccc(C2CC2(Sc2ccccc2)C(=O)c2ccccc2)cc1. The summed E-state index contributed by atoms with van der Waals surface area (Å²) in [6.45, 7) is 2.10. The van der Waals surface area contributed by atoms with Gasteiger partial charge in [0.25, 0.3) is 0 Å². The monoisotopic (exact) mass is 344 g/mol. The number of carbonyl (C=O) groups is 1. The fraction of sp³-hybridized carbons (Fsp3) is 0.174. The molecule has 0 spiro atoms. The molecule has 3 aromatic rings. The molecule has 2 heteroatoms. The topological polar surface area (TPSA) is 17.1 Å². The molecule has 0 amide bonds. The van der Waals surface area contributed by atoms with Crippen LogP contribution in [0.2, 0.25) is 0 Å². The second kappa shape index (κ2) is 6.53. The highest BCUT2D eigenvalue weighted by Gasteiger charge is 2.61. The molecule has 25 heavy (non-hydrogen) atoms. The summed E-state index contributed by atoms with van der Waals surface area (Å²) >= 11 is 1.72. The molecule has 0 heterocycles. The Kier molecular flexibility index (Phi) is 4.22. The van der Waals surface area contributed by atoms with Crippen molar-refractivity contribution in [3.05, 3.63) is 102 Å². The lowest BCUT2D eigenvalue weighted by atomic mass is 10.0. The molecular weight excluding hydrogens is 324 g/mol. The van der Waals surface area contributed by atoms with Crippen molar-refractivity contribution in [1.29, 1.82) is 0 Å². The quantitative estimate of drug-likeness (QED) is 0.536. The molecule has 0 saturated heterocycles. The van der Waals surface area contributed by atoms with Gasteiger partial charge in [-0.1, -0.05) is 78.4 Å². The molecule has 124 valence electrons. The zero-order chi connectivity index (χ0) is 17.3. The Balaban J connectivity index is 1.70. The summed E-state index contributed by atoms with van der Waals surface area (Å²) in [4.78, 5) is 14.5.